The van der Waals surface area contributed by atoms with Gasteiger partial charge < -0.3 is 9.72 Å². The van der Waals surface area contributed by atoms with Gasteiger partial charge in [0.2, 0.25) is 5.91 Å². The number of para-hydroxylation sites is 1. The van der Waals surface area contributed by atoms with E-state index >= 15 is 0 Å². The number of cyclic esters (lactones) is 1. The summed E-state index contributed by atoms with van der Waals surface area (Å²) < 4.78 is 4.96. The molecule has 9 nitrogen and oxygen atoms in total. The average molecular weight is 555 g/mol. The molecule has 2 aliphatic heterocycles. The number of hydrazone groups is 1. The van der Waals surface area contributed by atoms with E-state index in [0.29, 0.717) is 27.4 Å². The molecule has 4 aromatic rings. The molecule has 0 spiro atoms. The van der Waals surface area contributed by atoms with Gasteiger partial charge in [0.25, 0.3) is 11.5 Å². The van der Waals surface area contributed by atoms with Gasteiger partial charge in [0.05, 0.1) is 23.7 Å². The average Bonchev–Trinajstić information content (AvgIpc) is 3.51. The zero-order valence-electron chi connectivity index (χ0n) is 21.3. The second-order valence-electron chi connectivity index (χ2n) is 9.76. The van der Waals surface area contributed by atoms with E-state index < -0.39 is 30.1 Å². The molecule has 1 fully saturated rings. The maximum absolute atomic E-state index is 13.6. The van der Waals surface area contributed by atoms with Crippen molar-refractivity contribution in [3.8, 4) is 11.1 Å². The van der Waals surface area contributed by atoms with Crippen LogP contribution in [-0.2, 0) is 14.3 Å². The molecule has 0 aliphatic carbocycles. The van der Waals surface area contributed by atoms with E-state index in [1.54, 1.807) is 12.1 Å². The van der Waals surface area contributed by atoms with Crippen molar-refractivity contribution in [3.05, 3.63) is 105 Å². The summed E-state index contributed by atoms with van der Waals surface area (Å²) in [5.74, 6) is -1.19. The van der Waals surface area contributed by atoms with Crippen molar-refractivity contribution in [2.45, 2.75) is 31.9 Å². The summed E-state index contributed by atoms with van der Waals surface area (Å²) >= 11 is 6.16. The number of aromatic amines is 1. The Labute approximate surface area is 233 Å². The molecule has 3 amide bonds. The van der Waals surface area contributed by atoms with Crippen molar-refractivity contribution < 1.29 is 19.1 Å². The molecule has 3 heterocycles. The standard InChI is InChI=1S/C30H23ClN4O5/c1-16-6-8-17(9-7-16)23-14-22(34-35(23)25(36)15-24-28(37)33-30(39)40-24)27-26(18-10-12-19(31)13-11-18)20-4-2-3-5-21(20)32-29(27)38/h2-13,23-24H,14-15H2,1H3,(H,32,38)(H,33,37,39)/t23-,24?/m0/s1. The molecule has 40 heavy (non-hydrogen) atoms. The van der Waals surface area contributed by atoms with Crippen molar-refractivity contribution in [1.29, 1.82) is 0 Å². The zero-order valence-corrected chi connectivity index (χ0v) is 22.1. The minimum absolute atomic E-state index is 0.257. The van der Waals surface area contributed by atoms with Gasteiger partial charge >= 0.3 is 6.09 Å². The van der Waals surface area contributed by atoms with Crippen molar-refractivity contribution in [3.63, 3.8) is 0 Å². The molecule has 2 aliphatic rings. The number of H-pyrrole nitrogens is 1. The third-order valence-corrected chi connectivity index (χ3v) is 7.35. The Balaban J connectivity index is 1.49. The predicted molar refractivity (Wildman–Crippen MR) is 150 cm³/mol. The summed E-state index contributed by atoms with van der Waals surface area (Å²) in [7, 11) is 0. The lowest BCUT2D eigenvalue weighted by molar-refractivity contribution is -0.138. The zero-order chi connectivity index (χ0) is 28.0. The number of rotatable bonds is 5. The molecule has 200 valence electrons. The minimum atomic E-state index is -1.24. The first-order chi connectivity index (χ1) is 19.3. The van der Waals surface area contributed by atoms with Crippen LogP contribution in [0.3, 0.4) is 0 Å². The SMILES string of the molecule is Cc1ccc([C@@H]2CC(c3c(-c4ccc(Cl)cc4)c4ccccc4[nH]c3=O)=NN2C(=O)CC2OC(=O)NC2=O)cc1. The van der Waals surface area contributed by atoms with Crippen LogP contribution < -0.4 is 10.9 Å². The first-order valence-corrected chi connectivity index (χ1v) is 13.0. The topological polar surface area (TPSA) is 121 Å². The third-order valence-electron chi connectivity index (χ3n) is 7.10. The number of ether oxygens (including phenoxy) is 1. The Morgan fingerprint density at radius 1 is 1.00 bits per heavy atom. The molecule has 0 radical (unpaired) electrons. The highest BCUT2D eigenvalue weighted by Crippen LogP contribution is 2.37. The Kier molecular flexibility index (Phi) is 6.43. The number of hydrogen-bond acceptors (Lipinski definition) is 6. The van der Waals surface area contributed by atoms with Crippen LogP contribution >= 0.6 is 11.6 Å². The summed E-state index contributed by atoms with van der Waals surface area (Å²) in [5, 5.41) is 9.38. The van der Waals surface area contributed by atoms with E-state index in [-0.39, 0.29) is 18.4 Å². The smallest absolute Gasteiger partial charge is 0.414 e. The Hall–Kier alpha value is -4.76. The lowest BCUT2D eigenvalue weighted by Gasteiger charge is -2.22. The number of imide groups is 1. The molecule has 2 N–H and O–H groups in total. The van der Waals surface area contributed by atoms with Gasteiger partial charge in [-0.3, -0.25) is 19.7 Å². The van der Waals surface area contributed by atoms with E-state index in [4.69, 9.17) is 16.3 Å². The van der Waals surface area contributed by atoms with Crippen LogP contribution in [0.2, 0.25) is 5.02 Å². The number of pyridine rings is 1. The Morgan fingerprint density at radius 3 is 2.42 bits per heavy atom. The highest BCUT2D eigenvalue weighted by molar-refractivity contribution is 6.30. The van der Waals surface area contributed by atoms with Gasteiger partial charge in [-0.15, -0.1) is 0 Å². The highest BCUT2D eigenvalue weighted by Gasteiger charge is 2.40. The molecule has 0 saturated carbocycles. The van der Waals surface area contributed by atoms with Crippen molar-refractivity contribution >= 4 is 46.1 Å². The fourth-order valence-corrected chi connectivity index (χ4v) is 5.28. The van der Waals surface area contributed by atoms with Gasteiger partial charge in [0.15, 0.2) is 6.10 Å². The number of carbonyl (C=O) groups is 3. The number of hydrogen-bond donors (Lipinski definition) is 2. The molecule has 1 unspecified atom stereocenters. The molecule has 1 aromatic heterocycles. The number of alkyl carbamates (subject to hydrolysis) is 1. The first-order valence-electron chi connectivity index (χ1n) is 12.7. The van der Waals surface area contributed by atoms with Crippen LogP contribution in [0.15, 0.2) is 82.7 Å². The lowest BCUT2D eigenvalue weighted by atomic mass is 9.91. The quantitative estimate of drug-likeness (QED) is 0.365. The molecule has 2 atom stereocenters. The number of nitrogens with zero attached hydrogens (tertiary/aromatic N) is 2. The van der Waals surface area contributed by atoms with Gasteiger partial charge in [0, 0.05) is 27.9 Å². The van der Waals surface area contributed by atoms with Crippen molar-refractivity contribution in [2.75, 3.05) is 0 Å². The molecule has 0 bridgehead atoms. The van der Waals surface area contributed by atoms with Crippen LogP contribution in [0.1, 0.15) is 35.6 Å². The third kappa shape index (κ3) is 4.65. The number of halogens is 1. The number of aromatic nitrogens is 1. The largest absolute Gasteiger partial charge is 0.435 e. The predicted octanol–water partition coefficient (Wildman–Crippen LogP) is 4.86. The summed E-state index contributed by atoms with van der Waals surface area (Å²) in [6.45, 7) is 1.96. The van der Waals surface area contributed by atoms with Gasteiger partial charge in [0.1, 0.15) is 0 Å². The van der Waals surface area contributed by atoms with Crippen LogP contribution in [0, 0.1) is 6.92 Å². The van der Waals surface area contributed by atoms with E-state index in [1.165, 1.54) is 5.01 Å². The number of nitrogens with one attached hydrogen (secondary N) is 2. The normalized spacial score (nSPS) is 18.6. The van der Waals surface area contributed by atoms with Gasteiger partial charge in [-0.2, -0.15) is 5.10 Å². The van der Waals surface area contributed by atoms with E-state index in [0.717, 1.165) is 22.1 Å². The van der Waals surface area contributed by atoms with Gasteiger partial charge in [-0.25, -0.2) is 9.80 Å². The summed E-state index contributed by atoms with van der Waals surface area (Å²) in [6.07, 6.45) is -2.26. The maximum Gasteiger partial charge on any atom is 0.414 e. The molecule has 1 saturated heterocycles. The maximum atomic E-state index is 13.6. The fraction of sp³-hybridized carbons (Fsp3) is 0.167. The van der Waals surface area contributed by atoms with Crippen molar-refractivity contribution in [2.24, 2.45) is 5.10 Å². The fourth-order valence-electron chi connectivity index (χ4n) is 5.15. The Bertz CT molecular complexity index is 1760. The number of fused-ring (bicyclic) bond motifs is 1. The molecule has 10 heteroatoms. The number of aryl methyl sites for hydroxylation is 1. The monoisotopic (exact) mass is 554 g/mol. The van der Waals surface area contributed by atoms with E-state index in [2.05, 4.69) is 10.1 Å². The molecular formula is C30H23ClN4O5. The second kappa shape index (κ2) is 10.1. The van der Waals surface area contributed by atoms with Gasteiger partial charge in [-0.05, 0) is 36.2 Å². The minimum Gasteiger partial charge on any atom is -0.435 e. The van der Waals surface area contributed by atoms with Crippen LogP contribution in [0.25, 0.3) is 22.0 Å². The number of benzene rings is 3. The highest BCUT2D eigenvalue weighted by atomic mass is 35.5. The summed E-state index contributed by atoms with van der Waals surface area (Å²) in [5.41, 5.74) is 4.40. The van der Waals surface area contributed by atoms with Crippen LogP contribution in [0.4, 0.5) is 4.79 Å². The summed E-state index contributed by atoms with van der Waals surface area (Å²) in [4.78, 5) is 53.7. The van der Waals surface area contributed by atoms with Crippen molar-refractivity contribution in [1.82, 2.24) is 15.3 Å². The molecular weight excluding hydrogens is 532 g/mol. The lowest BCUT2D eigenvalue weighted by Crippen LogP contribution is -2.33. The van der Waals surface area contributed by atoms with E-state index in [9.17, 15) is 19.2 Å². The number of carbonyl (C=O) groups excluding carboxylic acids is 3. The summed E-state index contributed by atoms with van der Waals surface area (Å²) in [6, 6.07) is 21.8. The van der Waals surface area contributed by atoms with Crippen LogP contribution in [-0.4, -0.2) is 39.7 Å². The molecule has 3 aromatic carbocycles. The first kappa shape index (κ1) is 25.5. The Morgan fingerprint density at radius 2 is 1.73 bits per heavy atom. The van der Waals surface area contributed by atoms with Crippen LogP contribution in [0.5, 0.6) is 0 Å². The molecule has 6 rings (SSSR count). The van der Waals surface area contributed by atoms with E-state index in [1.807, 2.05) is 72.9 Å². The second-order valence-corrected chi connectivity index (χ2v) is 10.2. The number of amides is 3. The van der Waals surface area contributed by atoms with Gasteiger partial charge in [-0.1, -0.05) is 71.8 Å².